The van der Waals surface area contributed by atoms with Crippen molar-refractivity contribution in [2.75, 3.05) is 32.7 Å². The van der Waals surface area contributed by atoms with Crippen LogP contribution in [0.3, 0.4) is 0 Å². The Morgan fingerprint density at radius 1 is 1.23 bits per heavy atom. The Labute approximate surface area is 187 Å². The fourth-order valence-electron chi connectivity index (χ4n) is 3.55. The van der Waals surface area contributed by atoms with Crippen LogP contribution in [0.4, 0.5) is 4.79 Å². The van der Waals surface area contributed by atoms with Gasteiger partial charge in [0.05, 0.1) is 10.6 Å². The average molecular weight is 487 g/mol. The lowest BCUT2D eigenvalue weighted by Gasteiger charge is -2.34. The topological polar surface area (TPSA) is 120 Å². The number of carbonyl (C=O) groups is 3. The number of furan rings is 1. The molecule has 0 aromatic carbocycles. The Balaban J connectivity index is 1.38. The first kappa shape index (κ1) is 21.8. The monoisotopic (exact) mass is 486 g/mol. The molecule has 4 amide bonds. The summed E-state index contributed by atoms with van der Waals surface area (Å²) in [6.07, 6.45) is 1.39. The van der Waals surface area contributed by atoms with E-state index in [2.05, 4.69) is 5.32 Å². The molecule has 13 heteroatoms. The summed E-state index contributed by atoms with van der Waals surface area (Å²) >= 11 is 6.81. The van der Waals surface area contributed by atoms with Crippen LogP contribution in [0.1, 0.15) is 12.7 Å². The van der Waals surface area contributed by atoms with E-state index in [9.17, 15) is 22.8 Å². The van der Waals surface area contributed by atoms with Gasteiger partial charge in [-0.15, -0.1) is 11.3 Å². The van der Waals surface area contributed by atoms with Crippen LogP contribution in [0.2, 0.25) is 4.34 Å². The van der Waals surface area contributed by atoms with E-state index in [0.717, 1.165) is 16.2 Å². The Hall–Kier alpha value is -2.41. The fourth-order valence-corrected chi connectivity index (χ4v) is 6.61. The number of urea groups is 1. The summed E-state index contributed by atoms with van der Waals surface area (Å²) in [5, 5.41) is 2.56. The van der Waals surface area contributed by atoms with E-state index in [1.807, 2.05) is 0 Å². The van der Waals surface area contributed by atoms with Crippen LogP contribution in [0.25, 0.3) is 0 Å². The van der Waals surface area contributed by atoms with E-state index in [1.54, 1.807) is 12.1 Å². The lowest BCUT2D eigenvalue weighted by molar-refractivity contribution is -0.139. The minimum atomic E-state index is -3.68. The molecule has 0 aliphatic carbocycles. The van der Waals surface area contributed by atoms with Crippen LogP contribution >= 0.6 is 22.9 Å². The van der Waals surface area contributed by atoms with E-state index in [4.69, 9.17) is 16.0 Å². The van der Waals surface area contributed by atoms with Gasteiger partial charge < -0.3 is 14.6 Å². The number of hydrogen-bond acceptors (Lipinski definition) is 7. The molecule has 2 saturated heterocycles. The highest BCUT2D eigenvalue weighted by molar-refractivity contribution is 7.91. The first-order valence-corrected chi connectivity index (χ1v) is 12.0. The molecule has 1 atom stereocenters. The highest BCUT2D eigenvalue weighted by Crippen LogP contribution is 2.30. The summed E-state index contributed by atoms with van der Waals surface area (Å²) in [5.74, 6) is -0.756. The molecule has 166 valence electrons. The van der Waals surface area contributed by atoms with Crippen LogP contribution in [0.5, 0.6) is 0 Å². The lowest BCUT2D eigenvalue weighted by atomic mass is 9.99. The zero-order valence-electron chi connectivity index (χ0n) is 16.4. The normalized spacial score (nSPS) is 22.8. The SMILES string of the molecule is C[C@]1(c2ccco2)NC(=O)N(CC(=O)N2CCN(S(=O)(=O)c3ccc(Cl)s3)CC2)C1=O. The van der Waals surface area contributed by atoms with Gasteiger partial charge in [-0.1, -0.05) is 11.6 Å². The molecular formula is C18H19ClN4O6S2. The molecule has 0 radical (unpaired) electrons. The minimum Gasteiger partial charge on any atom is -0.466 e. The maximum atomic E-state index is 12.8. The van der Waals surface area contributed by atoms with Gasteiger partial charge in [0.15, 0.2) is 5.54 Å². The second kappa shape index (κ2) is 7.93. The number of hydrogen-bond donors (Lipinski definition) is 1. The van der Waals surface area contributed by atoms with Gasteiger partial charge in [-0.2, -0.15) is 4.31 Å². The Kier molecular flexibility index (Phi) is 5.58. The highest BCUT2D eigenvalue weighted by atomic mass is 35.5. The van der Waals surface area contributed by atoms with Crippen molar-refractivity contribution in [3.05, 3.63) is 40.6 Å². The zero-order valence-corrected chi connectivity index (χ0v) is 18.8. The molecule has 2 aromatic heterocycles. The van der Waals surface area contributed by atoms with Gasteiger partial charge in [-0.25, -0.2) is 13.2 Å². The lowest BCUT2D eigenvalue weighted by Crippen LogP contribution is -2.53. The summed E-state index contributed by atoms with van der Waals surface area (Å²) in [4.78, 5) is 40.2. The smallest absolute Gasteiger partial charge is 0.325 e. The fraction of sp³-hybridized carbons (Fsp3) is 0.389. The summed E-state index contributed by atoms with van der Waals surface area (Å²) in [5.41, 5.74) is -1.38. The number of rotatable bonds is 5. The molecule has 0 unspecified atom stereocenters. The van der Waals surface area contributed by atoms with Crippen molar-refractivity contribution in [2.45, 2.75) is 16.7 Å². The molecular weight excluding hydrogens is 468 g/mol. The second-order valence-electron chi connectivity index (χ2n) is 7.27. The van der Waals surface area contributed by atoms with E-state index >= 15 is 0 Å². The van der Waals surface area contributed by atoms with E-state index in [0.29, 0.717) is 4.34 Å². The van der Waals surface area contributed by atoms with Gasteiger partial charge >= 0.3 is 6.03 Å². The second-order valence-corrected chi connectivity index (χ2v) is 11.1. The van der Waals surface area contributed by atoms with Crippen LogP contribution in [0.15, 0.2) is 39.2 Å². The average Bonchev–Trinajstić information content (AvgIpc) is 3.47. The molecule has 0 bridgehead atoms. The predicted molar refractivity (Wildman–Crippen MR) is 111 cm³/mol. The number of sulfonamides is 1. The number of carbonyl (C=O) groups excluding carboxylic acids is 3. The molecule has 4 heterocycles. The summed E-state index contributed by atoms with van der Waals surface area (Å²) in [7, 11) is -3.68. The minimum absolute atomic E-state index is 0.105. The zero-order chi connectivity index (χ0) is 22.4. The van der Waals surface area contributed by atoms with Crippen molar-refractivity contribution in [2.24, 2.45) is 0 Å². The molecule has 2 aliphatic heterocycles. The van der Waals surface area contributed by atoms with Crippen molar-refractivity contribution in [3.63, 3.8) is 0 Å². The predicted octanol–water partition coefficient (Wildman–Crippen LogP) is 1.29. The molecule has 2 aromatic rings. The van der Waals surface area contributed by atoms with Crippen molar-refractivity contribution in [1.29, 1.82) is 0 Å². The maximum Gasteiger partial charge on any atom is 0.325 e. The largest absolute Gasteiger partial charge is 0.466 e. The highest BCUT2D eigenvalue weighted by Gasteiger charge is 2.51. The number of nitrogens with one attached hydrogen (secondary N) is 1. The molecule has 31 heavy (non-hydrogen) atoms. The van der Waals surface area contributed by atoms with Gasteiger partial charge in [-0.05, 0) is 31.2 Å². The van der Waals surface area contributed by atoms with Gasteiger partial charge in [0.25, 0.3) is 15.9 Å². The van der Waals surface area contributed by atoms with Crippen LogP contribution in [0, 0.1) is 0 Å². The number of thiophene rings is 1. The number of imide groups is 1. The Bertz CT molecular complexity index is 1120. The van der Waals surface area contributed by atoms with Gasteiger partial charge in [0, 0.05) is 26.2 Å². The summed E-state index contributed by atoms with van der Waals surface area (Å²) in [6, 6.07) is 5.46. The van der Waals surface area contributed by atoms with Gasteiger partial charge in [0.2, 0.25) is 5.91 Å². The molecule has 0 saturated carbocycles. The maximum absolute atomic E-state index is 12.8. The van der Waals surface area contributed by atoms with E-state index < -0.39 is 40.0 Å². The van der Waals surface area contributed by atoms with Crippen LogP contribution < -0.4 is 5.32 Å². The van der Waals surface area contributed by atoms with Crippen molar-refractivity contribution in [3.8, 4) is 0 Å². The number of amides is 4. The third-order valence-corrected chi connectivity index (χ3v) is 8.91. The molecule has 4 rings (SSSR count). The van der Waals surface area contributed by atoms with E-state index in [-0.39, 0.29) is 36.1 Å². The summed E-state index contributed by atoms with van der Waals surface area (Å²) in [6.45, 7) is 1.58. The Morgan fingerprint density at radius 3 is 2.52 bits per heavy atom. The number of piperazine rings is 1. The molecule has 2 aliphatic rings. The molecule has 2 fully saturated rings. The summed E-state index contributed by atoms with van der Waals surface area (Å²) < 4.78 is 32.5. The van der Waals surface area contributed by atoms with Crippen molar-refractivity contribution >= 4 is 50.8 Å². The van der Waals surface area contributed by atoms with Gasteiger partial charge in [-0.3, -0.25) is 14.5 Å². The molecule has 0 spiro atoms. The molecule has 10 nitrogen and oxygen atoms in total. The first-order chi connectivity index (χ1) is 14.6. The van der Waals surface area contributed by atoms with Gasteiger partial charge in [0.1, 0.15) is 16.5 Å². The Morgan fingerprint density at radius 2 is 1.94 bits per heavy atom. The first-order valence-electron chi connectivity index (χ1n) is 9.34. The quantitative estimate of drug-likeness (QED) is 0.636. The van der Waals surface area contributed by atoms with E-state index in [1.165, 1.54) is 34.5 Å². The standard InChI is InChI=1S/C18H19ClN4O6S2/c1-18(12-3-2-10-29-12)16(25)23(17(26)20-18)11-14(24)21-6-8-22(9-7-21)31(27,28)15-5-4-13(19)30-15/h2-5,10H,6-9,11H2,1H3,(H,20,26)/t18-/m1/s1. The third kappa shape index (κ3) is 3.84. The number of nitrogens with zero attached hydrogens (tertiary/aromatic N) is 3. The van der Waals surface area contributed by atoms with Crippen molar-refractivity contribution in [1.82, 2.24) is 19.4 Å². The van der Waals surface area contributed by atoms with Crippen LogP contribution in [-0.4, -0.2) is 73.1 Å². The van der Waals surface area contributed by atoms with Crippen LogP contribution in [-0.2, 0) is 25.2 Å². The third-order valence-electron chi connectivity index (χ3n) is 5.32. The molecule has 1 N–H and O–H groups in total. The number of halogens is 1. The van der Waals surface area contributed by atoms with Crippen molar-refractivity contribution < 1.29 is 27.2 Å².